The van der Waals surface area contributed by atoms with Crippen LogP contribution in [0.2, 0.25) is 0 Å². The first-order valence-electron chi connectivity index (χ1n) is 9.48. The average Bonchev–Trinajstić information content (AvgIpc) is 3.11. The Labute approximate surface area is 169 Å². The van der Waals surface area contributed by atoms with Crippen molar-refractivity contribution < 1.29 is 14.3 Å². The van der Waals surface area contributed by atoms with Gasteiger partial charge >= 0.3 is 6.09 Å². The Morgan fingerprint density at radius 1 is 1.21 bits per heavy atom. The lowest BCUT2D eigenvalue weighted by atomic mass is 10.2. The summed E-state index contributed by atoms with van der Waals surface area (Å²) in [5.74, 6) is -0.0572. The SMILES string of the molecule is CCOC(=O)N1CCN(Cc2csc(CC(=O)Nc3ccccc3C)n2)CC1. The van der Waals surface area contributed by atoms with E-state index in [1.54, 1.807) is 4.90 Å². The van der Waals surface area contributed by atoms with E-state index in [1.165, 1.54) is 11.3 Å². The van der Waals surface area contributed by atoms with Gasteiger partial charge in [-0.1, -0.05) is 18.2 Å². The largest absolute Gasteiger partial charge is 0.450 e. The summed E-state index contributed by atoms with van der Waals surface area (Å²) in [5.41, 5.74) is 2.84. The van der Waals surface area contributed by atoms with Gasteiger partial charge in [0.1, 0.15) is 5.01 Å². The molecule has 8 heteroatoms. The lowest BCUT2D eigenvalue weighted by Gasteiger charge is -2.33. The number of para-hydroxylation sites is 1. The summed E-state index contributed by atoms with van der Waals surface area (Å²) in [4.78, 5) is 32.6. The van der Waals surface area contributed by atoms with Crippen LogP contribution in [0.1, 0.15) is 23.2 Å². The number of thiazole rings is 1. The minimum Gasteiger partial charge on any atom is -0.450 e. The number of aromatic nitrogens is 1. The Morgan fingerprint density at radius 3 is 2.68 bits per heavy atom. The predicted molar refractivity (Wildman–Crippen MR) is 109 cm³/mol. The Balaban J connectivity index is 1.46. The molecule has 1 aliphatic rings. The number of aryl methyl sites for hydroxylation is 1. The van der Waals surface area contributed by atoms with Gasteiger partial charge in [0.25, 0.3) is 0 Å². The summed E-state index contributed by atoms with van der Waals surface area (Å²) in [6.45, 7) is 7.82. The molecule has 1 aliphatic heterocycles. The molecule has 150 valence electrons. The fourth-order valence-electron chi connectivity index (χ4n) is 3.08. The first kappa shape index (κ1) is 20.3. The summed E-state index contributed by atoms with van der Waals surface area (Å²) in [7, 11) is 0. The molecule has 1 aromatic carbocycles. The van der Waals surface area contributed by atoms with E-state index < -0.39 is 0 Å². The molecule has 0 atom stereocenters. The van der Waals surface area contributed by atoms with Crippen molar-refractivity contribution in [2.45, 2.75) is 26.8 Å². The maximum atomic E-state index is 12.3. The molecule has 0 bridgehead atoms. The zero-order chi connectivity index (χ0) is 19.9. The number of hydrogen-bond acceptors (Lipinski definition) is 6. The molecular weight excluding hydrogens is 376 g/mol. The van der Waals surface area contributed by atoms with Crippen LogP contribution in [0.5, 0.6) is 0 Å². The average molecular weight is 403 g/mol. The van der Waals surface area contributed by atoms with Gasteiger partial charge < -0.3 is 15.0 Å². The number of carbonyl (C=O) groups excluding carboxylic acids is 2. The predicted octanol–water partition coefficient (Wildman–Crippen LogP) is 2.91. The molecule has 0 radical (unpaired) electrons. The second-order valence-corrected chi connectivity index (χ2v) is 7.68. The summed E-state index contributed by atoms with van der Waals surface area (Å²) in [5, 5.41) is 5.76. The van der Waals surface area contributed by atoms with Gasteiger partial charge in [-0.15, -0.1) is 11.3 Å². The highest BCUT2D eigenvalue weighted by molar-refractivity contribution is 7.09. The number of nitrogens with zero attached hydrogens (tertiary/aromatic N) is 3. The highest BCUT2D eigenvalue weighted by Crippen LogP contribution is 2.17. The third-order valence-corrected chi connectivity index (χ3v) is 5.51. The van der Waals surface area contributed by atoms with Crippen LogP contribution in [0.3, 0.4) is 0 Å². The smallest absolute Gasteiger partial charge is 0.409 e. The van der Waals surface area contributed by atoms with Gasteiger partial charge in [-0.2, -0.15) is 0 Å². The van der Waals surface area contributed by atoms with Crippen LogP contribution in [-0.2, 0) is 22.5 Å². The molecule has 2 heterocycles. The van der Waals surface area contributed by atoms with Gasteiger partial charge in [-0.3, -0.25) is 9.69 Å². The fraction of sp³-hybridized carbons (Fsp3) is 0.450. The monoisotopic (exact) mass is 402 g/mol. The molecule has 3 rings (SSSR count). The highest BCUT2D eigenvalue weighted by atomic mass is 32.1. The van der Waals surface area contributed by atoms with Crippen molar-refractivity contribution in [3.8, 4) is 0 Å². The van der Waals surface area contributed by atoms with Gasteiger partial charge in [0.2, 0.25) is 5.91 Å². The van der Waals surface area contributed by atoms with E-state index in [0.29, 0.717) is 19.7 Å². The van der Waals surface area contributed by atoms with Gasteiger partial charge in [-0.25, -0.2) is 9.78 Å². The number of ether oxygens (including phenoxy) is 1. The topological polar surface area (TPSA) is 74.8 Å². The Bertz CT molecular complexity index is 815. The number of carbonyl (C=O) groups is 2. The third kappa shape index (κ3) is 5.53. The van der Waals surface area contributed by atoms with Crippen LogP contribution in [0.25, 0.3) is 0 Å². The molecule has 1 N–H and O–H groups in total. The molecule has 1 aromatic heterocycles. The van der Waals surface area contributed by atoms with Crippen LogP contribution >= 0.6 is 11.3 Å². The third-order valence-electron chi connectivity index (χ3n) is 4.61. The number of anilines is 1. The van der Waals surface area contributed by atoms with Crippen molar-refractivity contribution in [3.63, 3.8) is 0 Å². The van der Waals surface area contributed by atoms with E-state index in [-0.39, 0.29) is 18.4 Å². The Kier molecular flexibility index (Phi) is 7.00. The van der Waals surface area contributed by atoms with Crippen LogP contribution in [0.4, 0.5) is 10.5 Å². The van der Waals surface area contributed by atoms with E-state index in [2.05, 4.69) is 15.2 Å². The van der Waals surface area contributed by atoms with Gasteiger partial charge in [0.15, 0.2) is 0 Å². The molecule has 7 nitrogen and oxygen atoms in total. The van der Waals surface area contributed by atoms with Crippen molar-refractivity contribution in [1.29, 1.82) is 0 Å². The molecule has 0 saturated carbocycles. The van der Waals surface area contributed by atoms with E-state index in [0.717, 1.165) is 41.6 Å². The normalized spacial score (nSPS) is 14.7. The fourth-order valence-corrected chi connectivity index (χ4v) is 3.86. The highest BCUT2D eigenvalue weighted by Gasteiger charge is 2.22. The van der Waals surface area contributed by atoms with Gasteiger partial charge in [0, 0.05) is 43.8 Å². The van der Waals surface area contributed by atoms with Crippen molar-refractivity contribution in [3.05, 3.63) is 45.9 Å². The number of rotatable bonds is 6. The molecular formula is C20H26N4O3S. The van der Waals surface area contributed by atoms with E-state index in [4.69, 9.17) is 4.74 Å². The molecule has 2 amide bonds. The van der Waals surface area contributed by atoms with E-state index >= 15 is 0 Å². The maximum absolute atomic E-state index is 12.3. The molecule has 0 aliphatic carbocycles. The standard InChI is InChI=1S/C20H26N4O3S/c1-3-27-20(26)24-10-8-23(9-11-24)13-16-14-28-19(21-16)12-18(25)22-17-7-5-4-6-15(17)2/h4-7,14H,3,8-13H2,1-2H3,(H,22,25). The summed E-state index contributed by atoms with van der Waals surface area (Å²) >= 11 is 1.51. The summed E-state index contributed by atoms with van der Waals surface area (Å²) < 4.78 is 5.05. The van der Waals surface area contributed by atoms with E-state index in [9.17, 15) is 9.59 Å². The first-order chi connectivity index (χ1) is 13.5. The number of hydrogen-bond donors (Lipinski definition) is 1. The second-order valence-electron chi connectivity index (χ2n) is 6.73. The molecule has 2 aromatic rings. The van der Waals surface area contributed by atoms with Gasteiger partial charge in [0.05, 0.1) is 18.7 Å². The lowest BCUT2D eigenvalue weighted by Crippen LogP contribution is -2.48. The quantitative estimate of drug-likeness (QED) is 0.804. The van der Waals surface area contributed by atoms with Crippen molar-refractivity contribution >= 4 is 29.0 Å². The molecule has 0 spiro atoms. The van der Waals surface area contributed by atoms with E-state index in [1.807, 2.05) is 43.5 Å². The van der Waals surface area contributed by atoms with Gasteiger partial charge in [-0.05, 0) is 25.5 Å². The number of piperazine rings is 1. The maximum Gasteiger partial charge on any atom is 0.409 e. The van der Waals surface area contributed by atoms with Crippen LogP contribution in [-0.4, -0.2) is 59.6 Å². The Hall–Kier alpha value is -2.45. The van der Waals surface area contributed by atoms with Crippen molar-refractivity contribution in [2.75, 3.05) is 38.1 Å². The summed E-state index contributed by atoms with van der Waals surface area (Å²) in [6, 6.07) is 7.73. The zero-order valence-corrected chi connectivity index (χ0v) is 17.1. The lowest BCUT2D eigenvalue weighted by molar-refractivity contribution is -0.115. The van der Waals surface area contributed by atoms with Crippen LogP contribution < -0.4 is 5.32 Å². The minimum absolute atomic E-state index is 0.0572. The zero-order valence-electron chi connectivity index (χ0n) is 16.3. The van der Waals surface area contributed by atoms with Crippen LogP contribution in [0.15, 0.2) is 29.6 Å². The van der Waals surface area contributed by atoms with Crippen molar-refractivity contribution in [1.82, 2.24) is 14.8 Å². The number of nitrogens with one attached hydrogen (secondary N) is 1. The minimum atomic E-state index is -0.238. The molecule has 1 saturated heterocycles. The molecule has 28 heavy (non-hydrogen) atoms. The number of amides is 2. The molecule has 1 fully saturated rings. The number of benzene rings is 1. The second kappa shape index (κ2) is 9.66. The summed E-state index contributed by atoms with van der Waals surface area (Å²) in [6.07, 6.45) is 0.0353. The molecule has 0 unspecified atom stereocenters. The Morgan fingerprint density at radius 2 is 1.96 bits per heavy atom. The van der Waals surface area contributed by atoms with Crippen molar-refractivity contribution in [2.24, 2.45) is 0 Å². The van der Waals surface area contributed by atoms with Crippen LogP contribution in [0, 0.1) is 6.92 Å². The first-order valence-corrected chi connectivity index (χ1v) is 10.4.